The molecule has 0 bridgehead atoms. The van der Waals surface area contributed by atoms with Crippen molar-refractivity contribution in [3.05, 3.63) is 88.4 Å². The molecular weight excluding hydrogens is 290 g/mol. The van der Waals surface area contributed by atoms with Gasteiger partial charge in [0.1, 0.15) is 0 Å². The average molecular weight is 308 g/mol. The zero-order valence-electron chi connectivity index (χ0n) is 12.5. The molecule has 0 saturated carbocycles. The van der Waals surface area contributed by atoms with Gasteiger partial charge in [-0.1, -0.05) is 77.8 Å². The van der Waals surface area contributed by atoms with E-state index in [9.17, 15) is 0 Å². The molecule has 22 heavy (non-hydrogen) atoms. The topological polar surface area (TPSA) is 26.0 Å². The van der Waals surface area contributed by atoms with Gasteiger partial charge in [0.05, 0.1) is 10.7 Å². The first-order valence-electron chi connectivity index (χ1n) is 7.33. The van der Waals surface area contributed by atoms with Crippen molar-refractivity contribution in [3.8, 4) is 11.1 Å². The van der Waals surface area contributed by atoms with Gasteiger partial charge in [-0.3, -0.25) is 0 Å². The van der Waals surface area contributed by atoms with Crippen molar-refractivity contribution in [3.63, 3.8) is 0 Å². The summed E-state index contributed by atoms with van der Waals surface area (Å²) in [5.74, 6) is 0. The third-order valence-electron chi connectivity index (χ3n) is 3.88. The lowest BCUT2D eigenvalue weighted by Crippen LogP contribution is -1.96. The normalized spacial score (nSPS) is 10.6. The Hall–Kier alpha value is -2.25. The van der Waals surface area contributed by atoms with Crippen molar-refractivity contribution < 1.29 is 0 Å². The zero-order chi connectivity index (χ0) is 15.5. The summed E-state index contributed by atoms with van der Waals surface area (Å²) in [7, 11) is 0. The Bertz CT molecular complexity index is 791. The summed E-state index contributed by atoms with van der Waals surface area (Å²) in [5, 5.41) is 0.600. The Morgan fingerprint density at radius 3 is 2.27 bits per heavy atom. The van der Waals surface area contributed by atoms with E-state index in [1.54, 1.807) is 0 Å². The van der Waals surface area contributed by atoms with Crippen molar-refractivity contribution >= 4 is 17.3 Å². The standard InChI is InChI=1S/C20H18ClN/c1-14-9-11-15(12-10-14)13-16-5-2-3-6-17(16)18-7-4-8-19(21)20(18)22/h2-12H,13,22H2,1H3. The second-order valence-corrected chi connectivity index (χ2v) is 5.93. The third kappa shape index (κ3) is 3.00. The Balaban J connectivity index is 2.03. The number of benzene rings is 3. The van der Waals surface area contributed by atoms with E-state index in [-0.39, 0.29) is 0 Å². The monoisotopic (exact) mass is 307 g/mol. The number of nitrogen functional groups attached to an aromatic ring is 1. The van der Waals surface area contributed by atoms with Gasteiger partial charge in [-0.15, -0.1) is 0 Å². The first-order valence-corrected chi connectivity index (χ1v) is 7.71. The molecule has 0 saturated heterocycles. The van der Waals surface area contributed by atoms with E-state index in [0.29, 0.717) is 10.7 Å². The van der Waals surface area contributed by atoms with E-state index >= 15 is 0 Å². The minimum absolute atomic E-state index is 0.600. The number of anilines is 1. The highest BCUT2D eigenvalue weighted by Gasteiger charge is 2.10. The molecule has 0 aliphatic carbocycles. The fourth-order valence-electron chi connectivity index (χ4n) is 2.63. The fourth-order valence-corrected chi connectivity index (χ4v) is 2.81. The van der Waals surface area contributed by atoms with Gasteiger partial charge in [-0.05, 0) is 36.1 Å². The molecule has 3 aromatic carbocycles. The molecule has 0 aliphatic rings. The maximum absolute atomic E-state index is 6.17. The third-order valence-corrected chi connectivity index (χ3v) is 4.21. The Kier molecular flexibility index (Phi) is 4.17. The first-order chi connectivity index (χ1) is 10.6. The highest BCUT2D eigenvalue weighted by molar-refractivity contribution is 6.33. The van der Waals surface area contributed by atoms with Crippen molar-refractivity contribution in [2.75, 3.05) is 5.73 Å². The molecule has 0 unspecified atom stereocenters. The number of rotatable bonds is 3. The minimum Gasteiger partial charge on any atom is -0.397 e. The number of para-hydroxylation sites is 1. The van der Waals surface area contributed by atoms with Crippen LogP contribution < -0.4 is 5.73 Å². The van der Waals surface area contributed by atoms with Gasteiger partial charge >= 0.3 is 0 Å². The van der Waals surface area contributed by atoms with Crippen LogP contribution in [0, 0.1) is 6.92 Å². The fraction of sp³-hybridized carbons (Fsp3) is 0.100. The lowest BCUT2D eigenvalue weighted by molar-refractivity contribution is 1.19. The summed E-state index contributed by atoms with van der Waals surface area (Å²) in [6.07, 6.45) is 0.877. The van der Waals surface area contributed by atoms with Crippen LogP contribution in [0.5, 0.6) is 0 Å². The Morgan fingerprint density at radius 1 is 0.818 bits per heavy atom. The van der Waals surface area contributed by atoms with Gasteiger partial charge in [-0.2, -0.15) is 0 Å². The molecule has 0 spiro atoms. The SMILES string of the molecule is Cc1ccc(Cc2ccccc2-c2cccc(Cl)c2N)cc1. The largest absolute Gasteiger partial charge is 0.397 e. The molecule has 0 atom stereocenters. The summed E-state index contributed by atoms with van der Waals surface area (Å²) < 4.78 is 0. The van der Waals surface area contributed by atoms with E-state index < -0.39 is 0 Å². The molecule has 2 N–H and O–H groups in total. The molecule has 0 radical (unpaired) electrons. The Labute approximate surface area is 136 Å². The lowest BCUT2D eigenvalue weighted by Gasteiger charge is -2.13. The van der Waals surface area contributed by atoms with Crippen molar-refractivity contribution in [2.24, 2.45) is 0 Å². The molecule has 2 heteroatoms. The summed E-state index contributed by atoms with van der Waals surface area (Å²) in [6.45, 7) is 2.10. The van der Waals surface area contributed by atoms with E-state index in [1.165, 1.54) is 16.7 Å². The van der Waals surface area contributed by atoms with Crippen molar-refractivity contribution in [2.45, 2.75) is 13.3 Å². The lowest BCUT2D eigenvalue weighted by atomic mass is 9.94. The van der Waals surface area contributed by atoms with Crippen LogP contribution in [0.1, 0.15) is 16.7 Å². The van der Waals surface area contributed by atoms with Crippen molar-refractivity contribution in [1.29, 1.82) is 0 Å². The maximum atomic E-state index is 6.17. The minimum atomic E-state index is 0.600. The zero-order valence-corrected chi connectivity index (χ0v) is 13.3. The van der Waals surface area contributed by atoms with Crippen LogP contribution >= 0.6 is 11.6 Å². The average Bonchev–Trinajstić information content (AvgIpc) is 2.53. The predicted octanol–water partition coefficient (Wildman–Crippen LogP) is 5.49. The molecule has 3 aromatic rings. The molecule has 0 heterocycles. The van der Waals surface area contributed by atoms with Crippen molar-refractivity contribution in [1.82, 2.24) is 0 Å². The molecule has 0 amide bonds. The highest BCUT2D eigenvalue weighted by Crippen LogP contribution is 2.34. The summed E-state index contributed by atoms with van der Waals surface area (Å²) in [4.78, 5) is 0. The number of aryl methyl sites for hydroxylation is 1. The van der Waals surface area contributed by atoms with E-state index in [0.717, 1.165) is 17.5 Å². The molecule has 0 fully saturated rings. The smallest absolute Gasteiger partial charge is 0.0641 e. The molecule has 110 valence electrons. The van der Waals surface area contributed by atoms with Gasteiger partial charge in [0.25, 0.3) is 0 Å². The van der Waals surface area contributed by atoms with Crippen LogP contribution in [0.3, 0.4) is 0 Å². The quantitative estimate of drug-likeness (QED) is 0.636. The second-order valence-electron chi connectivity index (χ2n) is 5.52. The van der Waals surface area contributed by atoms with E-state index in [2.05, 4.69) is 49.4 Å². The van der Waals surface area contributed by atoms with Gasteiger partial charge < -0.3 is 5.73 Å². The van der Waals surface area contributed by atoms with Crippen LogP contribution in [0.4, 0.5) is 5.69 Å². The van der Waals surface area contributed by atoms with Gasteiger partial charge in [0.15, 0.2) is 0 Å². The van der Waals surface area contributed by atoms with E-state index in [1.807, 2.05) is 24.3 Å². The van der Waals surface area contributed by atoms with Gasteiger partial charge in [0.2, 0.25) is 0 Å². The molecule has 1 nitrogen and oxygen atoms in total. The summed E-state index contributed by atoms with van der Waals surface area (Å²) >= 11 is 6.17. The van der Waals surface area contributed by atoms with Crippen LogP contribution in [-0.2, 0) is 6.42 Å². The number of hydrogen-bond donors (Lipinski definition) is 1. The molecule has 3 rings (SSSR count). The van der Waals surface area contributed by atoms with Crippen LogP contribution in [-0.4, -0.2) is 0 Å². The van der Waals surface area contributed by atoms with Gasteiger partial charge in [-0.25, -0.2) is 0 Å². The highest BCUT2D eigenvalue weighted by atomic mass is 35.5. The summed E-state index contributed by atoms with van der Waals surface area (Å²) in [5.41, 5.74) is 12.8. The summed E-state index contributed by atoms with van der Waals surface area (Å²) in [6, 6.07) is 22.8. The second kappa shape index (κ2) is 6.25. The maximum Gasteiger partial charge on any atom is 0.0641 e. The number of halogens is 1. The van der Waals surface area contributed by atoms with Crippen LogP contribution in [0.25, 0.3) is 11.1 Å². The number of hydrogen-bond acceptors (Lipinski definition) is 1. The van der Waals surface area contributed by atoms with Crippen LogP contribution in [0.15, 0.2) is 66.7 Å². The molecular formula is C20H18ClN. The van der Waals surface area contributed by atoms with Gasteiger partial charge in [0, 0.05) is 5.56 Å². The van der Waals surface area contributed by atoms with Crippen LogP contribution in [0.2, 0.25) is 5.02 Å². The van der Waals surface area contributed by atoms with E-state index in [4.69, 9.17) is 17.3 Å². The number of nitrogens with two attached hydrogens (primary N) is 1. The first kappa shape index (κ1) is 14.7. The Morgan fingerprint density at radius 2 is 1.50 bits per heavy atom. The molecule has 0 aliphatic heterocycles. The molecule has 0 aromatic heterocycles. The predicted molar refractivity (Wildman–Crippen MR) is 95.3 cm³/mol.